The Hall–Kier alpha value is -2.79. The fourth-order valence-electron chi connectivity index (χ4n) is 2.36. The standard InChI is InChI=1S/C20H21ClN4O/c1-20(2,3)19(26)24-15-9-7-13(8-10-15)18-17(12-22-25-18)23-16-6-4-5-14(21)11-16/h4-12,23H,1-3H3,(H,22,25)(H,24,26). The van der Waals surface area contributed by atoms with E-state index >= 15 is 0 Å². The van der Waals surface area contributed by atoms with Crippen molar-refractivity contribution in [3.63, 3.8) is 0 Å². The second-order valence-corrected chi connectivity index (χ2v) is 7.51. The highest BCUT2D eigenvalue weighted by atomic mass is 35.5. The van der Waals surface area contributed by atoms with Crippen molar-refractivity contribution in [3.05, 3.63) is 59.8 Å². The molecule has 0 aliphatic rings. The first-order chi connectivity index (χ1) is 12.3. The molecule has 1 heterocycles. The number of amides is 1. The van der Waals surface area contributed by atoms with Gasteiger partial charge >= 0.3 is 0 Å². The van der Waals surface area contributed by atoms with Crippen LogP contribution in [0.5, 0.6) is 0 Å². The molecule has 6 heteroatoms. The molecular weight excluding hydrogens is 348 g/mol. The number of nitrogens with one attached hydrogen (secondary N) is 3. The van der Waals surface area contributed by atoms with Gasteiger partial charge in [0.25, 0.3) is 0 Å². The molecule has 1 amide bonds. The van der Waals surface area contributed by atoms with Gasteiger partial charge in [-0.3, -0.25) is 9.89 Å². The quantitative estimate of drug-likeness (QED) is 0.572. The van der Waals surface area contributed by atoms with Crippen LogP contribution in [0.3, 0.4) is 0 Å². The third-order valence-corrected chi connectivity index (χ3v) is 4.09. The zero-order valence-electron chi connectivity index (χ0n) is 14.9. The molecule has 0 atom stereocenters. The van der Waals surface area contributed by atoms with Gasteiger partial charge in [-0.05, 0) is 30.3 Å². The van der Waals surface area contributed by atoms with Crippen LogP contribution in [0.25, 0.3) is 11.3 Å². The molecule has 0 fully saturated rings. The van der Waals surface area contributed by atoms with Gasteiger partial charge in [-0.15, -0.1) is 0 Å². The first kappa shape index (κ1) is 18.0. The lowest BCUT2D eigenvalue weighted by atomic mass is 9.95. The summed E-state index contributed by atoms with van der Waals surface area (Å²) < 4.78 is 0. The van der Waals surface area contributed by atoms with E-state index in [1.165, 1.54) is 0 Å². The average Bonchev–Trinajstić information content (AvgIpc) is 3.03. The SMILES string of the molecule is CC(C)(C)C(=O)Nc1ccc(-c2[nH]ncc2Nc2cccc(Cl)c2)cc1. The molecule has 0 saturated heterocycles. The van der Waals surface area contributed by atoms with Gasteiger partial charge in [0.2, 0.25) is 5.91 Å². The highest BCUT2D eigenvalue weighted by Gasteiger charge is 2.21. The number of hydrogen-bond donors (Lipinski definition) is 3. The second-order valence-electron chi connectivity index (χ2n) is 7.08. The maximum atomic E-state index is 12.1. The fraction of sp³-hybridized carbons (Fsp3) is 0.200. The van der Waals surface area contributed by atoms with Crippen molar-refractivity contribution in [3.8, 4) is 11.3 Å². The van der Waals surface area contributed by atoms with E-state index in [1.54, 1.807) is 6.20 Å². The Bertz CT molecular complexity index is 910. The smallest absolute Gasteiger partial charge is 0.229 e. The van der Waals surface area contributed by atoms with E-state index in [-0.39, 0.29) is 5.91 Å². The van der Waals surface area contributed by atoms with E-state index in [4.69, 9.17) is 11.6 Å². The molecule has 3 N–H and O–H groups in total. The minimum absolute atomic E-state index is 0.0184. The van der Waals surface area contributed by atoms with Crippen LogP contribution in [0.1, 0.15) is 20.8 Å². The van der Waals surface area contributed by atoms with Gasteiger partial charge < -0.3 is 10.6 Å². The van der Waals surface area contributed by atoms with E-state index in [0.29, 0.717) is 5.02 Å². The average molecular weight is 369 g/mol. The van der Waals surface area contributed by atoms with Crippen molar-refractivity contribution in [2.75, 3.05) is 10.6 Å². The zero-order valence-corrected chi connectivity index (χ0v) is 15.7. The Morgan fingerprint density at radius 3 is 2.46 bits per heavy atom. The Morgan fingerprint density at radius 1 is 1.08 bits per heavy atom. The molecule has 0 radical (unpaired) electrons. The monoisotopic (exact) mass is 368 g/mol. The lowest BCUT2D eigenvalue weighted by molar-refractivity contribution is -0.123. The minimum atomic E-state index is -0.434. The van der Waals surface area contributed by atoms with Crippen molar-refractivity contribution < 1.29 is 4.79 Å². The summed E-state index contributed by atoms with van der Waals surface area (Å²) in [4.78, 5) is 12.1. The van der Waals surface area contributed by atoms with Crippen LogP contribution in [0.4, 0.5) is 17.1 Å². The highest BCUT2D eigenvalue weighted by molar-refractivity contribution is 6.30. The number of carbonyl (C=O) groups is 1. The van der Waals surface area contributed by atoms with E-state index in [9.17, 15) is 4.79 Å². The molecule has 3 aromatic rings. The minimum Gasteiger partial charge on any atom is -0.352 e. The number of aromatic nitrogens is 2. The van der Waals surface area contributed by atoms with Gasteiger partial charge in [0.15, 0.2) is 0 Å². The Balaban J connectivity index is 1.78. The molecule has 3 rings (SSSR count). The van der Waals surface area contributed by atoms with Crippen molar-refractivity contribution in [1.82, 2.24) is 10.2 Å². The van der Waals surface area contributed by atoms with Crippen LogP contribution in [-0.4, -0.2) is 16.1 Å². The maximum Gasteiger partial charge on any atom is 0.229 e. The predicted octanol–water partition coefficient (Wildman–Crippen LogP) is 5.46. The number of carbonyl (C=O) groups excluding carboxylic acids is 1. The maximum absolute atomic E-state index is 12.1. The number of anilines is 3. The Morgan fingerprint density at radius 2 is 1.81 bits per heavy atom. The van der Waals surface area contributed by atoms with Crippen LogP contribution in [-0.2, 0) is 4.79 Å². The van der Waals surface area contributed by atoms with Gasteiger partial charge in [-0.25, -0.2) is 0 Å². The summed E-state index contributed by atoms with van der Waals surface area (Å²) in [7, 11) is 0. The van der Waals surface area contributed by atoms with Crippen LogP contribution >= 0.6 is 11.6 Å². The number of halogens is 1. The first-order valence-corrected chi connectivity index (χ1v) is 8.68. The summed E-state index contributed by atoms with van der Waals surface area (Å²) in [6.45, 7) is 5.65. The van der Waals surface area contributed by atoms with Crippen LogP contribution in [0.15, 0.2) is 54.7 Å². The third kappa shape index (κ3) is 4.24. The normalized spacial score (nSPS) is 11.2. The third-order valence-electron chi connectivity index (χ3n) is 3.86. The van der Waals surface area contributed by atoms with Crippen molar-refractivity contribution in [2.45, 2.75) is 20.8 Å². The van der Waals surface area contributed by atoms with Gasteiger partial charge in [-0.1, -0.05) is 50.6 Å². The van der Waals surface area contributed by atoms with E-state index < -0.39 is 5.41 Å². The van der Waals surface area contributed by atoms with E-state index in [2.05, 4.69) is 20.8 Å². The highest BCUT2D eigenvalue weighted by Crippen LogP contribution is 2.30. The topological polar surface area (TPSA) is 69.8 Å². The summed E-state index contributed by atoms with van der Waals surface area (Å²) in [5.74, 6) is -0.0184. The van der Waals surface area contributed by atoms with Crippen molar-refractivity contribution >= 4 is 34.6 Å². The van der Waals surface area contributed by atoms with Crippen LogP contribution in [0.2, 0.25) is 5.02 Å². The summed E-state index contributed by atoms with van der Waals surface area (Å²) in [6, 6.07) is 15.1. The number of aromatic amines is 1. The molecule has 2 aromatic carbocycles. The summed E-state index contributed by atoms with van der Waals surface area (Å²) in [5.41, 5.74) is 3.88. The summed E-state index contributed by atoms with van der Waals surface area (Å²) >= 11 is 6.03. The predicted molar refractivity (Wildman–Crippen MR) is 107 cm³/mol. The van der Waals surface area contributed by atoms with Crippen molar-refractivity contribution in [2.24, 2.45) is 5.41 Å². The molecule has 26 heavy (non-hydrogen) atoms. The zero-order chi connectivity index (χ0) is 18.7. The lowest BCUT2D eigenvalue weighted by Gasteiger charge is -2.17. The number of benzene rings is 2. The van der Waals surface area contributed by atoms with Gasteiger partial charge in [-0.2, -0.15) is 5.10 Å². The van der Waals surface area contributed by atoms with Crippen LogP contribution in [0, 0.1) is 5.41 Å². The first-order valence-electron chi connectivity index (χ1n) is 8.31. The van der Waals surface area contributed by atoms with Gasteiger partial charge in [0, 0.05) is 27.4 Å². The number of H-pyrrole nitrogens is 1. The van der Waals surface area contributed by atoms with E-state index in [0.717, 1.165) is 28.3 Å². The van der Waals surface area contributed by atoms with Gasteiger partial charge in [0.05, 0.1) is 17.6 Å². The second kappa shape index (κ2) is 7.22. The Labute approximate surface area is 157 Å². The molecule has 134 valence electrons. The van der Waals surface area contributed by atoms with Crippen LogP contribution < -0.4 is 10.6 Å². The Kier molecular flexibility index (Phi) is 5.00. The fourth-order valence-corrected chi connectivity index (χ4v) is 2.55. The summed E-state index contributed by atoms with van der Waals surface area (Å²) in [5, 5.41) is 14.0. The summed E-state index contributed by atoms with van der Waals surface area (Å²) in [6.07, 6.45) is 1.73. The molecule has 0 spiro atoms. The largest absolute Gasteiger partial charge is 0.352 e. The number of nitrogens with zero attached hydrogens (tertiary/aromatic N) is 1. The molecule has 0 bridgehead atoms. The molecule has 0 unspecified atom stereocenters. The van der Waals surface area contributed by atoms with Crippen molar-refractivity contribution in [1.29, 1.82) is 0 Å². The molecule has 0 aliphatic carbocycles. The molecule has 5 nitrogen and oxygen atoms in total. The molecule has 1 aromatic heterocycles. The van der Waals surface area contributed by atoms with Gasteiger partial charge in [0.1, 0.15) is 0 Å². The molecule has 0 aliphatic heterocycles. The molecular formula is C20H21ClN4O. The number of rotatable bonds is 4. The van der Waals surface area contributed by atoms with E-state index in [1.807, 2.05) is 69.3 Å². The lowest BCUT2D eigenvalue weighted by Crippen LogP contribution is -2.27. The molecule has 0 saturated carbocycles. The number of hydrogen-bond acceptors (Lipinski definition) is 3.